The van der Waals surface area contributed by atoms with Gasteiger partial charge in [0, 0.05) is 5.39 Å². The Balaban J connectivity index is 1.89. The van der Waals surface area contributed by atoms with Crippen molar-refractivity contribution in [3.8, 4) is 0 Å². The standard InChI is InChI=1S/C18H18FNO/c1-11-6-12(2)8-13(7-11)9-16(20)17-10-14-4-3-5-15(19)18(14)21-17/h3-8,10,16H,9,20H2,1-2H3. The summed E-state index contributed by atoms with van der Waals surface area (Å²) < 4.78 is 19.3. The zero-order chi connectivity index (χ0) is 15.0. The van der Waals surface area contributed by atoms with Crippen molar-refractivity contribution >= 4 is 11.0 Å². The summed E-state index contributed by atoms with van der Waals surface area (Å²) in [6, 6.07) is 12.8. The van der Waals surface area contributed by atoms with Crippen LogP contribution in [-0.4, -0.2) is 0 Å². The maximum Gasteiger partial charge on any atom is 0.169 e. The lowest BCUT2D eigenvalue weighted by atomic mass is 10.0. The Hall–Kier alpha value is -2.13. The fraction of sp³-hybridized carbons (Fsp3) is 0.222. The number of para-hydroxylation sites is 1. The molecule has 2 N–H and O–H groups in total. The summed E-state index contributed by atoms with van der Waals surface area (Å²) in [4.78, 5) is 0. The van der Waals surface area contributed by atoms with Crippen LogP contribution < -0.4 is 5.73 Å². The SMILES string of the molecule is Cc1cc(C)cc(CC(N)c2cc3cccc(F)c3o2)c1. The number of furan rings is 1. The van der Waals surface area contributed by atoms with Crippen LogP contribution in [0.25, 0.3) is 11.0 Å². The first kappa shape index (κ1) is 13.8. The molecular weight excluding hydrogens is 265 g/mol. The zero-order valence-electron chi connectivity index (χ0n) is 12.2. The molecule has 0 spiro atoms. The van der Waals surface area contributed by atoms with Crippen LogP contribution in [0.15, 0.2) is 46.9 Å². The van der Waals surface area contributed by atoms with E-state index < -0.39 is 0 Å². The number of aryl methyl sites for hydroxylation is 2. The van der Waals surface area contributed by atoms with Crippen LogP contribution in [0.3, 0.4) is 0 Å². The first-order chi connectivity index (χ1) is 10.0. The third kappa shape index (κ3) is 2.83. The molecular formula is C18H18FNO. The van der Waals surface area contributed by atoms with Crippen molar-refractivity contribution in [1.82, 2.24) is 0 Å². The first-order valence-electron chi connectivity index (χ1n) is 7.03. The van der Waals surface area contributed by atoms with E-state index in [4.69, 9.17) is 10.2 Å². The minimum absolute atomic E-state index is 0.280. The largest absolute Gasteiger partial charge is 0.456 e. The van der Waals surface area contributed by atoms with E-state index in [1.54, 1.807) is 6.07 Å². The van der Waals surface area contributed by atoms with Crippen LogP contribution in [0.1, 0.15) is 28.5 Å². The summed E-state index contributed by atoms with van der Waals surface area (Å²) in [5, 5.41) is 0.751. The van der Waals surface area contributed by atoms with Crippen LogP contribution in [0.4, 0.5) is 4.39 Å². The number of nitrogens with two attached hydrogens (primary N) is 1. The number of fused-ring (bicyclic) bond motifs is 1. The molecule has 0 radical (unpaired) electrons. The number of halogens is 1. The Morgan fingerprint density at radius 2 is 1.81 bits per heavy atom. The van der Waals surface area contributed by atoms with Crippen molar-refractivity contribution in [2.45, 2.75) is 26.3 Å². The quantitative estimate of drug-likeness (QED) is 0.772. The molecule has 1 heterocycles. The Morgan fingerprint density at radius 3 is 2.48 bits per heavy atom. The van der Waals surface area contributed by atoms with E-state index in [0.29, 0.717) is 12.2 Å². The maximum absolute atomic E-state index is 13.7. The van der Waals surface area contributed by atoms with Gasteiger partial charge < -0.3 is 10.2 Å². The van der Waals surface area contributed by atoms with Gasteiger partial charge in [-0.15, -0.1) is 0 Å². The fourth-order valence-electron chi connectivity index (χ4n) is 2.77. The fourth-order valence-corrected chi connectivity index (χ4v) is 2.77. The summed E-state index contributed by atoms with van der Waals surface area (Å²) in [6.45, 7) is 4.14. The molecule has 108 valence electrons. The molecule has 0 bridgehead atoms. The van der Waals surface area contributed by atoms with Gasteiger partial charge in [0.05, 0.1) is 6.04 Å². The van der Waals surface area contributed by atoms with Crippen molar-refractivity contribution in [3.63, 3.8) is 0 Å². The molecule has 0 saturated heterocycles. The topological polar surface area (TPSA) is 39.2 Å². The van der Waals surface area contributed by atoms with Gasteiger partial charge in [-0.25, -0.2) is 4.39 Å². The second-order valence-electron chi connectivity index (χ2n) is 5.61. The average molecular weight is 283 g/mol. The van der Waals surface area contributed by atoms with Crippen LogP contribution >= 0.6 is 0 Å². The highest BCUT2D eigenvalue weighted by Crippen LogP contribution is 2.27. The minimum Gasteiger partial charge on any atom is -0.456 e. The molecule has 3 aromatic rings. The Labute approximate surface area is 123 Å². The van der Waals surface area contributed by atoms with E-state index in [1.807, 2.05) is 12.1 Å². The molecule has 3 rings (SSSR count). The Morgan fingerprint density at radius 1 is 1.10 bits per heavy atom. The van der Waals surface area contributed by atoms with Crippen LogP contribution in [0, 0.1) is 19.7 Å². The second-order valence-corrected chi connectivity index (χ2v) is 5.61. The predicted octanol–water partition coefficient (Wildman–Crippen LogP) is 4.43. The van der Waals surface area contributed by atoms with Crippen LogP contribution in [0.5, 0.6) is 0 Å². The second kappa shape index (κ2) is 5.34. The third-order valence-corrected chi connectivity index (χ3v) is 3.62. The molecule has 0 saturated carbocycles. The molecule has 0 aliphatic heterocycles. The van der Waals surface area contributed by atoms with Crippen molar-refractivity contribution in [2.24, 2.45) is 5.73 Å². The zero-order valence-corrected chi connectivity index (χ0v) is 12.2. The monoisotopic (exact) mass is 283 g/mol. The lowest BCUT2D eigenvalue weighted by Gasteiger charge is -2.10. The molecule has 0 fully saturated rings. The van der Waals surface area contributed by atoms with E-state index in [2.05, 4.69) is 32.0 Å². The van der Waals surface area contributed by atoms with E-state index >= 15 is 0 Å². The van der Waals surface area contributed by atoms with Gasteiger partial charge in [-0.3, -0.25) is 0 Å². The molecule has 1 atom stereocenters. The molecule has 0 aliphatic rings. The number of hydrogen-bond donors (Lipinski definition) is 1. The Bertz CT molecular complexity index is 771. The first-order valence-corrected chi connectivity index (χ1v) is 7.03. The van der Waals surface area contributed by atoms with Crippen molar-refractivity contribution in [2.75, 3.05) is 0 Å². The van der Waals surface area contributed by atoms with Gasteiger partial charge in [0.25, 0.3) is 0 Å². The molecule has 2 nitrogen and oxygen atoms in total. The lowest BCUT2D eigenvalue weighted by molar-refractivity contribution is 0.478. The molecule has 3 heteroatoms. The highest BCUT2D eigenvalue weighted by atomic mass is 19.1. The summed E-state index contributed by atoms with van der Waals surface area (Å²) in [5.41, 5.74) is 10.1. The highest BCUT2D eigenvalue weighted by Gasteiger charge is 2.15. The lowest BCUT2D eigenvalue weighted by Crippen LogP contribution is -2.12. The summed E-state index contributed by atoms with van der Waals surface area (Å²) >= 11 is 0. The molecule has 2 aromatic carbocycles. The van der Waals surface area contributed by atoms with Crippen LogP contribution in [0.2, 0.25) is 0 Å². The van der Waals surface area contributed by atoms with Crippen LogP contribution in [-0.2, 0) is 6.42 Å². The van der Waals surface area contributed by atoms with Gasteiger partial charge in [0.15, 0.2) is 11.4 Å². The van der Waals surface area contributed by atoms with Gasteiger partial charge in [-0.05, 0) is 38.0 Å². The molecule has 1 unspecified atom stereocenters. The molecule has 1 aromatic heterocycles. The van der Waals surface area contributed by atoms with Crippen molar-refractivity contribution in [3.05, 3.63) is 70.7 Å². The summed E-state index contributed by atoms with van der Waals surface area (Å²) in [6.07, 6.45) is 0.671. The van der Waals surface area contributed by atoms with Gasteiger partial charge in [-0.1, -0.05) is 41.5 Å². The number of benzene rings is 2. The van der Waals surface area contributed by atoms with E-state index in [1.165, 1.54) is 22.8 Å². The average Bonchev–Trinajstić information content (AvgIpc) is 2.83. The minimum atomic E-state index is -0.350. The maximum atomic E-state index is 13.7. The van der Waals surface area contributed by atoms with Crippen molar-refractivity contribution < 1.29 is 8.81 Å². The highest BCUT2D eigenvalue weighted by molar-refractivity contribution is 5.78. The summed E-state index contributed by atoms with van der Waals surface area (Å²) in [7, 11) is 0. The van der Waals surface area contributed by atoms with Gasteiger partial charge in [-0.2, -0.15) is 0 Å². The molecule has 0 amide bonds. The van der Waals surface area contributed by atoms with Gasteiger partial charge >= 0.3 is 0 Å². The number of rotatable bonds is 3. The van der Waals surface area contributed by atoms with E-state index in [9.17, 15) is 4.39 Å². The Kier molecular flexibility index (Phi) is 3.52. The normalized spacial score (nSPS) is 12.8. The molecule has 0 aliphatic carbocycles. The third-order valence-electron chi connectivity index (χ3n) is 3.62. The van der Waals surface area contributed by atoms with E-state index in [-0.39, 0.29) is 17.4 Å². The van der Waals surface area contributed by atoms with Gasteiger partial charge in [0.2, 0.25) is 0 Å². The number of hydrogen-bond acceptors (Lipinski definition) is 2. The predicted molar refractivity (Wildman–Crippen MR) is 82.7 cm³/mol. The van der Waals surface area contributed by atoms with Gasteiger partial charge in [0.1, 0.15) is 5.76 Å². The van der Waals surface area contributed by atoms with E-state index in [0.717, 1.165) is 5.39 Å². The van der Waals surface area contributed by atoms with Crippen molar-refractivity contribution in [1.29, 1.82) is 0 Å². The smallest absolute Gasteiger partial charge is 0.169 e. The molecule has 21 heavy (non-hydrogen) atoms. The summed E-state index contributed by atoms with van der Waals surface area (Å²) in [5.74, 6) is 0.270.